The zero-order chi connectivity index (χ0) is 35.5. The Kier molecular flexibility index (Phi) is 7.15. The molecule has 14 heteroatoms. The summed E-state index contributed by atoms with van der Waals surface area (Å²) >= 11 is 7.78. The highest BCUT2D eigenvalue weighted by Crippen LogP contribution is 2.63. The number of hydrogen-bond donors (Lipinski definition) is 1. The van der Waals surface area contributed by atoms with Gasteiger partial charge in [0.05, 0.1) is 35.2 Å². The number of anilines is 1. The molecule has 4 aromatic rings. The molecule has 0 bridgehead atoms. The lowest BCUT2D eigenvalue weighted by Gasteiger charge is -2.49. The molecular formula is C36H30ClFN4O7S. The topological polar surface area (TPSA) is 139 Å². The number of likely N-dealkylation sites (tertiary alicyclic amines) is 1. The molecule has 2 aliphatic carbocycles. The smallest absolute Gasteiger partial charge is 0.423 e. The van der Waals surface area contributed by atoms with Crippen LogP contribution in [-0.4, -0.2) is 56.6 Å². The van der Waals surface area contributed by atoms with Gasteiger partial charge >= 0.3 is 6.09 Å². The maximum Gasteiger partial charge on any atom is 0.423 e. The average Bonchev–Trinajstić information content (AvgIpc) is 3.75. The molecule has 1 saturated carbocycles. The SMILES string of the molecule is COC(=O)N1C(=O)C2CC=C3C(CC4C(=O)N(c5cc(-c6sc7ccc(Cl)cc7c6C)nn5C)C(=O)C4(C)C3c3ccc(O)c(F)c3)C2C1=O. The Morgan fingerprint density at radius 2 is 1.84 bits per heavy atom. The fourth-order valence-corrected chi connectivity index (χ4v) is 10.1. The van der Waals surface area contributed by atoms with Gasteiger partial charge in [-0.3, -0.25) is 23.9 Å². The van der Waals surface area contributed by atoms with Crippen molar-refractivity contribution in [1.82, 2.24) is 14.7 Å². The number of allylic oxidation sites excluding steroid dienone is 2. The third-order valence-corrected chi connectivity index (χ3v) is 12.7. The Labute approximate surface area is 293 Å². The fraction of sp³-hybridized carbons (Fsp3) is 0.333. The van der Waals surface area contributed by atoms with Gasteiger partial charge in [-0.15, -0.1) is 11.3 Å². The summed E-state index contributed by atoms with van der Waals surface area (Å²) in [6.07, 6.45) is 0.837. The molecule has 6 unspecified atom stereocenters. The minimum atomic E-state index is -1.45. The van der Waals surface area contributed by atoms with Crippen molar-refractivity contribution in [2.75, 3.05) is 12.0 Å². The first-order valence-electron chi connectivity index (χ1n) is 16.0. The van der Waals surface area contributed by atoms with E-state index in [1.165, 1.54) is 28.2 Å². The Hall–Kier alpha value is -4.88. The number of ether oxygens (including phenoxy) is 1. The molecule has 4 aliphatic rings. The van der Waals surface area contributed by atoms with Crippen LogP contribution in [0.5, 0.6) is 5.75 Å². The van der Waals surface area contributed by atoms with Gasteiger partial charge in [-0.2, -0.15) is 10.00 Å². The van der Waals surface area contributed by atoms with Crippen LogP contribution in [-0.2, 0) is 31.0 Å². The van der Waals surface area contributed by atoms with Crippen LogP contribution in [0.3, 0.4) is 0 Å². The van der Waals surface area contributed by atoms with Crippen molar-refractivity contribution in [1.29, 1.82) is 0 Å². The van der Waals surface area contributed by atoms with Crippen LogP contribution in [0.25, 0.3) is 20.7 Å². The van der Waals surface area contributed by atoms with Crippen LogP contribution in [0, 0.1) is 41.8 Å². The number of aromatic hydroxyl groups is 1. The van der Waals surface area contributed by atoms with Crippen molar-refractivity contribution in [3.63, 3.8) is 0 Å². The van der Waals surface area contributed by atoms with Crippen molar-refractivity contribution < 1.29 is 38.2 Å². The number of fused-ring (bicyclic) bond motifs is 5. The first kappa shape index (κ1) is 32.3. The molecule has 1 N–H and O–H groups in total. The molecule has 4 heterocycles. The minimum absolute atomic E-state index is 0.0383. The number of phenols is 1. The summed E-state index contributed by atoms with van der Waals surface area (Å²) in [5.41, 5.74) is 1.01. The maximum atomic E-state index is 15.0. The van der Waals surface area contributed by atoms with Crippen LogP contribution < -0.4 is 4.90 Å². The molecule has 0 radical (unpaired) electrons. The quantitative estimate of drug-likeness (QED) is 0.198. The Bertz CT molecular complexity index is 2260. The van der Waals surface area contributed by atoms with Crippen LogP contribution in [0.15, 0.2) is 54.1 Å². The Balaban J connectivity index is 1.25. The predicted molar refractivity (Wildman–Crippen MR) is 181 cm³/mol. The van der Waals surface area contributed by atoms with E-state index < -0.39 is 76.3 Å². The van der Waals surface area contributed by atoms with Gasteiger partial charge in [0.2, 0.25) is 23.6 Å². The number of methoxy groups -OCH3 is 1. The number of carbonyl (C=O) groups excluding carboxylic acids is 5. The zero-order valence-corrected chi connectivity index (χ0v) is 28.8. The summed E-state index contributed by atoms with van der Waals surface area (Å²) in [5.74, 6) is -8.14. The van der Waals surface area contributed by atoms with Crippen LogP contribution in [0.1, 0.15) is 36.8 Å². The molecule has 2 aliphatic heterocycles. The third-order valence-electron chi connectivity index (χ3n) is 11.2. The number of nitrogens with zero attached hydrogens (tertiary/aromatic N) is 4. The van der Waals surface area contributed by atoms with Crippen molar-refractivity contribution >= 4 is 68.6 Å². The van der Waals surface area contributed by atoms with E-state index >= 15 is 0 Å². The number of rotatable bonds is 3. The molecule has 2 saturated heterocycles. The highest BCUT2D eigenvalue weighted by atomic mass is 35.5. The molecule has 5 amide bonds. The maximum absolute atomic E-state index is 15.0. The van der Waals surface area contributed by atoms with Crippen molar-refractivity contribution in [3.05, 3.63) is 76.1 Å². The van der Waals surface area contributed by atoms with Crippen molar-refractivity contribution in [2.24, 2.45) is 36.1 Å². The number of imide groups is 4. The molecule has 2 aromatic heterocycles. The van der Waals surface area contributed by atoms with Gasteiger partial charge < -0.3 is 9.84 Å². The standard InChI is InChI=1S/C36H30ClFN4O7S/c1-15-20-12-17(37)6-10-26(20)50-30(15)24-14-27(40(3)39-24)41-32(45)22-13-21-18(7-8-19-28(21)33(46)42(31(19)44)35(48)49-4)29(36(22,2)34(41)47)16-5-9-25(43)23(38)11-16/h5-7,9-12,14,19,21-22,28-29,43H,8,13H2,1-4H3. The van der Waals surface area contributed by atoms with Gasteiger partial charge in [0.15, 0.2) is 11.6 Å². The van der Waals surface area contributed by atoms with E-state index in [4.69, 9.17) is 21.4 Å². The van der Waals surface area contributed by atoms with Gasteiger partial charge in [0.1, 0.15) is 11.5 Å². The normalized spacial score (nSPS) is 27.5. The van der Waals surface area contributed by atoms with Gasteiger partial charge in [0, 0.05) is 28.8 Å². The fourth-order valence-electron chi connectivity index (χ4n) is 8.80. The molecule has 3 fully saturated rings. The number of hydrogen-bond acceptors (Lipinski definition) is 9. The largest absolute Gasteiger partial charge is 0.505 e. The summed E-state index contributed by atoms with van der Waals surface area (Å²) in [7, 11) is 2.72. The van der Waals surface area contributed by atoms with E-state index in [-0.39, 0.29) is 18.7 Å². The predicted octanol–water partition coefficient (Wildman–Crippen LogP) is 6.11. The molecule has 2 aromatic carbocycles. The number of amides is 5. The second-order valence-corrected chi connectivity index (χ2v) is 15.1. The van der Waals surface area contributed by atoms with E-state index in [1.54, 1.807) is 26.1 Å². The van der Waals surface area contributed by atoms with E-state index in [0.717, 1.165) is 38.6 Å². The molecule has 256 valence electrons. The van der Waals surface area contributed by atoms with Gasteiger partial charge in [-0.1, -0.05) is 29.3 Å². The molecule has 50 heavy (non-hydrogen) atoms. The second kappa shape index (κ2) is 11.1. The van der Waals surface area contributed by atoms with E-state index in [2.05, 4.69) is 0 Å². The number of aromatic nitrogens is 2. The summed E-state index contributed by atoms with van der Waals surface area (Å²) in [6, 6.07) is 11.1. The summed E-state index contributed by atoms with van der Waals surface area (Å²) in [5, 5.41) is 16.3. The Morgan fingerprint density at radius 1 is 1.08 bits per heavy atom. The number of carbonyl (C=O) groups is 5. The molecule has 6 atom stereocenters. The number of benzene rings is 2. The number of aryl methyl sites for hydroxylation is 2. The number of phenolic OH excluding ortho intramolecular Hbond substituents is 1. The molecule has 8 rings (SSSR count). The monoisotopic (exact) mass is 716 g/mol. The average molecular weight is 717 g/mol. The summed E-state index contributed by atoms with van der Waals surface area (Å²) < 4.78 is 22.2. The van der Waals surface area contributed by atoms with E-state index in [0.29, 0.717) is 26.8 Å². The van der Waals surface area contributed by atoms with Crippen molar-refractivity contribution in [3.8, 4) is 16.3 Å². The van der Waals surface area contributed by atoms with Gasteiger partial charge in [-0.05, 0) is 79.5 Å². The molecule has 0 spiro atoms. The lowest BCUT2D eigenvalue weighted by atomic mass is 9.51. The van der Waals surface area contributed by atoms with Crippen molar-refractivity contribution in [2.45, 2.75) is 32.6 Å². The first-order valence-corrected chi connectivity index (χ1v) is 17.2. The van der Waals surface area contributed by atoms with Gasteiger partial charge in [-0.25, -0.2) is 14.1 Å². The van der Waals surface area contributed by atoms with E-state index in [1.807, 2.05) is 25.1 Å². The van der Waals surface area contributed by atoms with Gasteiger partial charge in [0.25, 0.3) is 0 Å². The lowest BCUT2D eigenvalue weighted by molar-refractivity contribution is -0.138. The number of halogens is 2. The van der Waals surface area contributed by atoms with Crippen LogP contribution >= 0.6 is 22.9 Å². The van der Waals surface area contributed by atoms with Crippen LogP contribution in [0.2, 0.25) is 5.02 Å². The summed E-state index contributed by atoms with van der Waals surface area (Å²) in [4.78, 5) is 71.5. The Morgan fingerprint density at radius 3 is 2.56 bits per heavy atom. The van der Waals surface area contributed by atoms with Crippen LogP contribution in [0.4, 0.5) is 15.0 Å². The lowest BCUT2D eigenvalue weighted by Crippen LogP contribution is -2.49. The highest BCUT2D eigenvalue weighted by molar-refractivity contribution is 7.22. The number of thiophene rings is 1. The first-order chi connectivity index (χ1) is 23.8. The highest BCUT2D eigenvalue weighted by Gasteiger charge is 2.68. The zero-order valence-electron chi connectivity index (χ0n) is 27.3. The third kappa shape index (κ3) is 4.25. The summed E-state index contributed by atoms with van der Waals surface area (Å²) in [6.45, 7) is 3.64. The minimum Gasteiger partial charge on any atom is -0.505 e. The molecular weight excluding hydrogens is 687 g/mol. The second-order valence-electron chi connectivity index (χ2n) is 13.6. The van der Waals surface area contributed by atoms with E-state index in [9.17, 15) is 33.5 Å². The molecule has 11 nitrogen and oxygen atoms in total.